The first-order valence-corrected chi connectivity index (χ1v) is 9.56. The number of allylic oxidation sites excluding steroid dienone is 3. The lowest BCUT2D eigenvalue weighted by Gasteiger charge is -2.59. The molecule has 0 aromatic rings. The first-order chi connectivity index (χ1) is 10.9. The number of fused-ring (bicyclic) bond motifs is 5. The number of hydrogen-bond donors (Lipinski definition) is 1. The van der Waals surface area contributed by atoms with Crippen LogP contribution in [0, 0.1) is 35.0 Å². The maximum Gasteiger partial charge on any atom is 0.155 e. The van der Waals surface area contributed by atoms with Crippen molar-refractivity contribution in [2.24, 2.45) is 35.0 Å². The van der Waals surface area contributed by atoms with Crippen molar-refractivity contribution in [3.05, 3.63) is 22.8 Å². The molecule has 3 heteroatoms. The summed E-state index contributed by atoms with van der Waals surface area (Å²) in [5, 5.41) is 11.4. The normalized spacial score (nSPS) is 49.5. The van der Waals surface area contributed by atoms with Gasteiger partial charge in [0.15, 0.2) is 5.78 Å². The molecule has 2 nitrogen and oxygen atoms in total. The Morgan fingerprint density at radius 3 is 2.91 bits per heavy atom. The van der Waals surface area contributed by atoms with Crippen molar-refractivity contribution in [3.63, 3.8) is 0 Å². The van der Waals surface area contributed by atoms with Gasteiger partial charge in [-0.2, -0.15) is 0 Å². The number of hydrogen-bond acceptors (Lipinski definition) is 2. The third-order valence-electron chi connectivity index (χ3n) is 7.53. The minimum absolute atomic E-state index is 0.0764. The minimum Gasteiger partial charge on any atom is -0.387 e. The van der Waals surface area contributed by atoms with E-state index in [1.807, 2.05) is 6.08 Å². The largest absolute Gasteiger partial charge is 0.387 e. The van der Waals surface area contributed by atoms with E-state index in [0.717, 1.165) is 32.1 Å². The van der Waals surface area contributed by atoms with Crippen LogP contribution in [0.2, 0.25) is 0 Å². The van der Waals surface area contributed by atoms with E-state index in [0.29, 0.717) is 40.4 Å². The maximum absolute atomic E-state index is 11.8. The fraction of sp³-hybridized carbons (Fsp3) is 0.750. The number of ketones is 1. The molecule has 126 valence electrons. The predicted molar refractivity (Wildman–Crippen MR) is 92.0 cm³/mol. The molecular formula is C20H27ClO2. The number of aliphatic hydroxyl groups excluding tert-OH is 1. The SMILES string of the molecule is C[C@@H]1CC2=CC(=O)CC[C@@H]2[C@H]2CC[C@]3(C)[C@@H](O)C(Cl)=CC[C@H]3[C@@H]21. The summed E-state index contributed by atoms with van der Waals surface area (Å²) >= 11 is 6.28. The summed E-state index contributed by atoms with van der Waals surface area (Å²) in [5.41, 5.74) is 1.34. The summed E-state index contributed by atoms with van der Waals surface area (Å²) in [5.74, 6) is 3.39. The average Bonchev–Trinajstić information content (AvgIpc) is 2.51. The van der Waals surface area contributed by atoms with Crippen LogP contribution >= 0.6 is 11.6 Å². The van der Waals surface area contributed by atoms with E-state index in [9.17, 15) is 9.90 Å². The van der Waals surface area contributed by atoms with Crippen LogP contribution < -0.4 is 0 Å². The summed E-state index contributed by atoms with van der Waals surface area (Å²) < 4.78 is 0. The number of halogens is 1. The van der Waals surface area contributed by atoms with E-state index in [4.69, 9.17) is 11.6 Å². The van der Waals surface area contributed by atoms with Crippen molar-refractivity contribution in [2.45, 2.75) is 58.5 Å². The van der Waals surface area contributed by atoms with Gasteiger partial charge in [0.1, 0.15) is 0 Å². The first kappa shape index (κ1) is 15.9. The molecule has 0 aliphatic heterocycles. The van der Waals surface area contributed by atoms with Gasteiger partial charge in [-0.05, 0) is 67.8 Å². The van der Waals surface area contributed by atoms with Gasteiger partial charge in [0.25, 0.3) is 0 Å². The highest BCUT2D eigenvalue weighted by Gasteiger charge is 2.56. The molecule has 4 aliphatic rings. The molecule has 2 fully saturated rings. The molecule has 1 N–H and O–H groups in total. The third kappa shape index (κ3) is 2.28. The molecule has 0 heterocycles. The van der Waals surface area contributed by atoms with Crippen LogP contribution in [-0.4, -0.2) is 17.0 Å². The summed E-state index contributed by atoms with van der Waals surface area (Å²) in [4.78, 5) is 11.8. The smallest absolute Gasteiger partial charge is 0.155 e. The molecule has 2 saturated carbocycles. The Hall–Kier alpha value is -0.600. The zero-order valence-electron chi connectivity index (χ0n) is 14.1. The maximum atomic E-state index is 11.8. The van der Waals surface area contributed by atoms with Gasteiger partial charge in [0.2, 0.25) is 0 Å². The van der Waals surface area contributed by atoms with Crippen LogP contribution in [0.25, 0.3) is 0 Å². The van der Waals surface area contributed by atoms with Gasteiger partial charge in [-0.1, -0.05) is 37.1 Å². The van der Waals surface area contributed by atoms with Crippen LogP contribution in [-0.2, 0) is 4.79 Å². The summed E-state index contributed by atoms with van der Waals surface area (Å²) in [7, 11) is 0. The summed E-state index contributed by atoms with van der Waals surface area (Å²) in [6, 6.07) is 0. The first-order valence-electron chi connectivity index (χ1n) is 9.18. The fourth-order valence-electron chi connectivity index (χ4n) is 6.39. The van der Waals surface area contributed by atoms with Crippen molar-refractivity contribution in [2.75, 3.05) is 0 Å². The summed E-state index contributed by atoms with van der Waals surface area (Å²) in [6.07, 6.45) is 9.57. The predicted octanol–water partition coefficient (Wildman–Crippen LogP) is 4.47. The fourth-order valence-corrected chi connectivity index (χ4v) is 6.73. The van der Waals surface area contributed by atoms with Crippen LogP contribution in [0.3, 0.4) is 0 Å². The average molecular weight is 335 g/mol. The third-order valence-corrected chi connectivity index (χ3v) is 7.89. The lowest BCUT2D eigenvalue weighted by Crippen LogP contribution is -2.54. The molecule has 0 radical (unpaired) electrons. The van der Waals surface area contributed by atoms with Crippen LogP contribution in [0.5, 0.6) is 0 Å². The van der Waals surface area contributed by atoms with E-state index in [1.165, 1.54) is 12.0 Å². The number of aliphatic hydroxyl groups is 1. The van der Waals surface area contributed by atoms with Crippen molar-refractivity contribution in [3.8, 4) is 0 Å². The minimum atomic E-state index is -0.499. The van der Waals surface area contributed by atoms with E-state index >= 15 is 0 Å². The van der Waals surface area contributed by atoms with Gasteiger partial charge in [-0.15, -0.1) is 0 Å². The van der Waals surface area contributed by atoms with Crippen LogP contribution in [0.1, 0.15) is 52.4 Å². The van der Waals surface area contributed by atoms with E-state index in [-0.39, 0.29) is 5.41 Å². The van der Waals surface area contributed by atoms with Crippen molar-refractivity contribution < 1.29 is 9.90 Å². The Kier molecular flexibility index (Phi) is 3.77. The monoisotopic (exact) mass is 334 g/mol. The van der Waals surface area contributed by atoms with Gasteiger partial charge in [-0.3, -0.25) is 4.79 Å². The molecular weight excluding hydrogens is 308 g/mol. The highest BCUT2D eigenvalue weighted by molar-refractivity contribution is 6.30. The molecule has 0 saturated heterocycles. The Bertz CT molecular complexity index is 592. The molecule has 0 aromatic heterocycles. The zero-order valence-corrected chi connectivity index (χ0v) is 14.9. The van der Waals surface area contributed by atoms with E-state index in [1.54, 1.807) is 0 Å². The molecule has 4 aliphatic carbocycles. The standard InChI is InChI=1S/C20H27ClO2/c1-11-9-12-10-13(22)3-4-14(12)15-7-8-20(2)16(18(11)15)5-6-17(21)19(20)23/h6,10-11,14-16,18-19,23H,3-5,7-9H2,1-2H3/t11-,14+,15-,16+,18-,19+,20+/m1/s1. The van der Waals surface area contributed by atoms with Crippen molar-refractivity contribution in [1.29, 1.82) is 0 Å². The van der Waals surface area contributed by atoms with Crippen LogP contribution in [0.15, 0.2) is 22.8 Å². The van der Waals surface area contributed by atoms with Gasteiger partial charge < -0.3 is 5.11 Å². The molecule has 0 bridgehead atoms. The second-order valence-corrected chi connectivity index (χ2v) is 9.07. The second-order valence-electron chi connectivity index (χ2n) is 8.63. The highest BCUT2D eigenvalue weighted by atomic mass is 35.5. The summed E-state index contributed by atoms with van der Waals surface area (Å²) in [6.45, 7) is 4.60. The lowest BCUT2D eigenvalue weighted by atomic mass is 9.46. The van der Waals surface area contributed by atoms with Gasteiger partial charge in [-0.25, -0.2) is 0 Å². The molecule has 23 heavy (non-hydrogen) atoms. The van der Waals surface area contributed by atoms with Gasteiger partial charge in [0, 0.05) is 16.9 Å². The Morgan fingerprint density at radius 2 is 2.13 bits per heavy atom. The van der Waals surface area contributed by atoms with Crippen LogP contribution in [0.4, 0.5) is 0 Å². The molecule has 0 amide bonds. The van der Waals surface area contributed by atoms with Crippen molar-refractivity contribution in [1.82, 2.24) is 0 Å². The Labute approximate surface area is 144 Å². The Balaban J connectivity index is 1.70. The van der Waals surface area contributed by atoms with Gasteiger partial charge in [0.05, 0.1) is 6.10 Å². The molecule has 4 rings (SSSR count). The van der Waals surface area contributed by atoms with E-state index in [2.05, 4.69) is 19.9 Å². The van der Waals surface area contributed by atoms with E-state index < -0.39 is 6.10 Å². The number of carbonyl (C=O) groups excluding carboxylic acids is 1. The van der Waals surface area contributed by atoms with Gasteiger partial charge >= 0.3 is 0 Å². The molecule has 0 aromatic carbocycles. The second kappa shape index (κ2) is 5.46. The zero-order chi connectivity index (χ0) is 16.4. The molecule has 0 spiro atoms. The topological polar surface area (TPSA) is 37.3 Å². The van der Waals surface area contributed by atoms with Crippen molar-refractivity contribution >= 4 is 17.4 Å². The quantitative estimate of drug-likeness (QED) is 0.709. The molecule has 0 unspecified atom stereocenters. The number of rotatable bonds is 0. The lowest BCUT2D eigenvalue weighted by molar-refractivity contribution is -0.117. The highest BCUT2D eigenvalue weighted by Crippen LogP contribution is 2.62. The Morgan fingerprint density at radius 1 is 1.35 bits per heavy atom. The number of carbonyl (C=O) groups is 1. The molecule has 7 atom stereocenters.